The highest BCUT2D eigenvalue weighted by Crippen LogP contribution is 2.22. The summed E-state index contributed by atoms with van der Waals surface area (Å²) in [6.07, 6.45) is 4.50. The summed E-state index contributed by atoms with van der Waals surface area (Å²) < 4.78 is 1.66. The molecule has 0 spiro atoms. The van der Waals surface area contributed by atoms with E-state index in [1.165, 1.54) is 0 Å². The number of hydrogen-bond acceptors (Lipinski definition) is 4. The molecule has 2 heterocycles. The molecule has 2 N–H and O–H groups in total. The molecule has 1 aliphatic rings. The fourth-order valence-electron chi connectivity index (χ4n) is 3.35. The minimum Gasteiger partial charge on any atom is -0.322 e. The van der Waals surface area contributed by atoms with Gasteiger partial charge in [0.15, 0.2) is 0 Å². The fourth-order valence-corrected chi connectivity index (χ4v) is 3.35. The second-order valence-corrected chi connectivity index (χ2v) is 7.33. The number of aryl methyl sites for hydroxylation is 1. The Bertz CT molecular complexity index is 1060. The molecular weight excluding hydrogens is 382 g/mol. The zero-order valence-corrected chi connectivity index (χ0v) is 16.4. The van der Waals surface area contributed by atoms with E-state index in [1.807, 2.05) is 30.3 Å². The van der Waals surface area contributed by atoms with Gasteiger partial charge in [-0.15, -0.1) is 0 Å². The number of urea groups is 1. The molecule has 0 radical (unpaired) electrons. The van der Waals surface area contributed by atoms with Crippen molar-refractivity contribution in [1.82, 2.24) is 25.5 Å². The average Bonchev–Trinajstić information content (AvgIpc) is 3.37. The molecule has 1 fully saturated rings. The second-order valence-electron chi connectivity index (χ2n) is 7.33. The number of nitrogens with zero attached hydrogens (tertiary/aromatic N) is 3. The minimum absolute atomic E-state index is 0.324. The van der Waals surface area contributed by atoms with Crippen molar-refractivity contribution >= 4 is 17.8 Å². The summed E-state index contributed by atoms with van der Waals surface area (Å²) in [6.45, 7) is 1.67. The van der Waals surface area contributed by atoms with Crippen LogP contribution in [-0.2, 0) is 11.2 Å². The Morgan fingerprint density at radius 2 is 1.80 bits per heavy atom. The molecule has 0 aliphatic carbocycles. The molecule has 8 heteroatoms. The molecule has 152 valence electrons. The maximum absolute atomic E-state index is 12.9. The summed E-state index contributed by atoms with van der Waals surface area (Å²) in [5.74, 6) is -1.03. The monoisotopic (exact) mass is 403 g/mol. The van der Waals surface area contributed by atoms with Gasteiger partial charge in [-0.25, -0.2) is 9.48 Å². The van der Waals surface area contributed by atoms with Gasteiger partial charge in [-0.2, -0.15) is 10.1 Å². The number of aromatic nitrogens is 2. The number of carbonyl (C=O) groups is 3. The molecule has 4 rings (SSSR count). The Kier molecular flexibility index (Phi) is 5.05. The van der Waals surface area contributed by atoms with Crippen LogP contribution in [0, 0.1) is 0 Å². The van der Waals surface area contributed by atoms with Gasteiger partial charge in [0.2, 0.25) is 0 Å². The lowest BCUT2D eigenvalue weighted by Crippen LogP contribution is -2.48. The van der Waals surface area contributed by atoms with Gasteiger partial charge in [-0.3, -0.25) is 15.0 Å². The lowest BCUT2D eigenvalue weighted by molar-refractivity contribution is -0.132. The number of hydrazine groups is 1. The van der Waals surface area contributed by atoms with Gasteiger partial charge < -0.3 is 5.32 Å². The number of hydrogen-bond donors (Lipinski definition) is 2. The summed E-state index contributed by atoms with van der Waals surface area (Å²) in [4.78, 5) is 37.8. The van der Waals surface area contributed by atoms with E-state index in [1.54, 1.807) is 54.3 Å². The zero-order chi connectivity index (χ0) is 21.1. The third kappa shape index (κ3) is 3.80. The van der Waals surface area contributed by atoms with Crippen molar-refractivity contribution in [3.8, 4) is 5.69 Å². The van der Waals surface area contributed by atoms with Gasteiger partial charge in [0.05, 0.1) is 5.69 Å². The second kappa shape index (κ2) is 7.82. The largest absolute Gasteiger partial charge is 0.344 e. The molecule has 1 aromatic heterocycles. The summed E-state index contributed by atoms with van der Waals surface area (Å²) in [6, 6.07) is 17.6. The molecule has 3 aromatic rings. The standard InChI is InChI=1S/C22H21N5O3/c1-22(13-12-16-6-3-2-4-7-16)20(29)27(21(30)24-22)25-19(28)17-8-10-18(11-9-17)26-15-5-14-23-26/h2-11,14-15H,12-13H2,1H3,(H,24,30)(H,25,28). The number of benzene rings is 2. The number of imide groups is 1. The highest BCUT2D eigenvalue weighted by Gasteiger charge is 2.48. The maximum atomic E-state index is 12.9. The van der Waals surface area contributed by atoms with Crippen molar-refractivity contribution in [2.24, 2.45) is 0 Å². The van der Waals surface area contributed by atoms with E-state index < -0.39 is 23.4 Å². The first kappa shape index (κ1) is 19.4. The van der Waals surface area contributed by atoms with E-state index >= 15 is 0 Å². The first-order chi connectivity index (χ1) is 14.5. The van der Waals surface area contributed by atoms with Crippen LogP contribution < -0.4 is 10.7 Å². The molecule has 1 saturated heterocycles. The fraction of sp³-hybridized carbons (Fsp3) is 0.182. The summed E-state index contributed by atoms with van der Waals surface area (Å²) in [7, 11) is 0. The summed E-state index contributed by atoms with van der Waals surface area (Å²) >= 11 is 0. The van der Waals surface area contributed by atoms with Crippen molar-refractivity contribution in [3.63, 3.8) is 0 Å². The smallest absolute Gasteiger partial charge is 0.322 e. The number of amides is 4. The van der Waals surface area contributed by atoms with Crippen LogP contribution in [0.15, 0.2) is 73.1 Å². The summed E-state index contributed by atoms with van der Waals surface area (Å²) in [5, 5.41) is 7.58. The van der Waals surface area contributed by atoms with Gasteiger partial charge in [-0.1, -0.05) is 30.3 Å². The van der Waals surface area contributed by atoms with Crippen molar-refractivity contribution in [2.45, 2.75) is 25.3 Å². The molecule has 1 atom stereocenters. The highest BCUT2D eigenvalue weighted by molar-refractivity contribution is 6.09. The van der Waals surface area contributed by atoms with Gasteiger partial charge in [-0.05, 0) is 55.7 Å². The predicted octanol–water partition coefficient (Wildman–Crippen LogP) is 2.46. The van der Waals surface area contributed by atoms with Crippen LogP contribution in [0.1, 0.15) is 29.3 Å². The van der Waals surface area contributed by atoms with Crippen molar-refractivity contribution < 1.29 is 14.4 Å². The average molecular weight is 403 g/mol. The Balaban J connectivity index is 1.42. The third-order valence-corrected chi connectivity index (χ3v) is 5.13. The predicted molar refractivity (Wildman–Crippen MR) is 110 cm³/mol. The molecular formula is C22H21N5O3. The first-order valence-corrected chi connectivity index (χ1v) is 9.58. The molecule has 4 amide bonds. The van der Waals surface area contributed by atoms with Gasteiger partial charge >= 0.3 is 6.03 Å². The normalized spacial score (nSPS) is 18.4. The zero-order valence-electron chi connectivity index (χ0n) is 16.4. The van der Waals surface area contributed by atoms with Crippen LogP contribution in [0.4, 0.5) is 4.79 Å². The Labute approximate surface area is 173 Å². The molecule has 30 heavy (non-hydrogen) atoms. The highest BCUT2D eigenvalue weighted by atomic mass is 16.2. The Morgan fingerprint density at radius 1 is 1.07 bits per heavy atom. The van der Waals surface area contributed by atoms with E-state index in [0.717, 1.165) is 16.3 Å². The van der Waals surface area contributed by atoms with Crippen LogP contribution in [0.3, 0.4) is 0 Å². The van der Waals surface area contributed by atoms with E-state index in [2.05, 4.69) is 15.8 Å². The van der Waals surface area contributed by atoms with E-state index in [0.29, 0.717) is 18.4 Å². The summed E-state index contributed by atoms with van der Waals surface area (Å²) in [5.41, 5.74) is 3.52. The van der Waals surface area contributed by atoms with Gasteiger partial charge in [0.1, 0.15) is 5.54 Å². The number of carbonyl (C=O) groups excluding carboxylic acids is 3. The van der Waals surface area contributed by atoms with Gasteiger partial charge in [0, 0.05) is 18.0 Å². The molecule has 1 aliphatic heterocycles. The topological polar surface area (TPSA) is 96.3 Å². The van der Waals surface area contributed by atoms with E-state index in [-0.39, 0.29) is 0 Å². The number of rotatable bonds is 6. The molecule has 0 bridgehead atoms. The molecule has 2 aromatic carbocycles. The maximum Gasteiger partial charge on any atom is 0.344 e. The lowest BCUT2D eigenvalue weighted by Gasteiger charge is -2.21. The van der Waals surface area contributed by atoms with Crippen molar-refractivity contribution in [3.05, 3.63) is 84.2 Å². The van der Waals surface area contributed by atoms with Crippen LogP contribution >= 0.6 is 0 Å². The van der Waals surface area contributed by atoms with E-state index in [4.69, 9.17) is 0 Å². The van der Waals surface area contributed by atoms with Crippen LogP contribution in [0.25, 0.3) is 5.69 Å². The molecule has 1 unspecified atom stereocenters. The minimum atomic E-state index is -1.08. The Morgan fingerprint density at radius 3 is 2.47 bits per heavy atom. The molecule has 8 nitrogen and oxygen atoms in total. The van der Waals surface area contributed by atoms with E-state index in [9.17, 15) is 14.4 Å². The lowest BCUT2D eigenvalue weighted by atomic mass is 9.93. The first-order valence-electron chi connectivity index (χ1n) is 9.58. The van der Waals surface area contributed by atoms with Crippen LogP contribution in [-0.4, -0.2) is 38.2 Å². The SMILES string of the molecule is CC1(CCc2ccccc2)NC(=O)N(NC(=O)c2ccc(-n3cccn3)cc2)C1=O. The number of nitrogens with one attached hydrogen (secondary N) is 2. The molecule has 0 saturated carbocycles. The quantitative estimate of drug-likeness (QED) is 0.618. The van der Waals surface area contributed by atoms with Gasteiger partial charge in [0.25, 0.3) is 11.8 Å². The van der Waals surface area contributed by atoms with Crippen molar-refractivity contribution in [1.29, 1.82) is 0 Å². The Hall–Kier alpha value is -3.94. The van der Waals surface area contributed by atoms with Crippen molar-refractivity contribution in [2.75, 3.05) is 0 Å². The van der Waals surface area contributed by atoms with Crippen LogP contribution in [0.5, 0.6) is 0 Å². The third-order valence-electron chi connectivity index (χ3n) is 5.13. The van der Waals surface area contributed by atoms with Crippen LogP contribution in [0.2, 0.25) is 0 Å².